The number of phenolic OH excluding ortho intramolecular Hbond substituents is 4. The minimum atomic E-state index is -1.06. The van der Waals surface area contributed by atoms with Gasteiger partial charge in [0, 0.05) is 64.9 Å². The number of nitro groups is 3. The molecule has 38 nitrogen and oxygen atoms in total. The number of aromatic amines is 1. The van der Waals surface area contributed by atoms with E-state index in [4.69, 9.17) is 84.5 Å². The van der Waals surface area contributed by atoms with Gasteiger partial charge in [-0.05, 0) is 296 Å². The van der Waals surface area contributed by atoms with Gasteiger partial charge in [0.25, 0.3) is 5.56 Å². The van der Waals surface area contributed by atoms with Crippen LogP contribution >= 0.6 is 64.8 Å². The van der Waals surface area contributed by atoms with Crippen molar-refractivity contribution in [1.29, 1.82) is 0 Å². The molecular weight excluding hydrogens is 2200 g/mol. The number of hydrogen-bond donors (Lipinski definition) is 18. The molecule has 0 saturated carbocycles. The number of nitro benzene ring substituents is 3. The maximum atomic E-state index is 13.0. The van der Waals surface area contributed by atoms with Crippen molar-refractivity contribution in [1.82, 2.24) is 9.78 Å². The summed E-state index contributed by atoms with van der Waals surface area (Å²) in [5.41, 5.74) is 46.5. The Hall–Kier alpha value is -16.7. The number of aliphatic hydroxyl groups is 2. The van der Waals surface area contributed by atoms with Gasteiger partial charge in [0.1, 0.15) is 22.9 Å². The number of hydrazine groups is 1. The van der Waals surface area contributed by atoms with Gasteiger partial charge in [-0.25, -0.2) is 23.9 Å². The van der Waals surface area contributed by atoms with Gasteiger partial charge in [-0.1, -0.05) is 140 Å². The van der Waals surface area contributed by atoms with Crippen molar-refractivity contribution in [3.05, 3.63) is 401 Å². The topological polar surface area (TPSA) is 658 Å². The molecule has 42 heteroatoms. The first-order valence-corrected chi connectivity index (χ1v) is 47.7. The summed E-state index contributed by atoms with van der Waals surface area (Å²) in [6.07, 6.45) is 10.7. The summed E-state index contributed by atoms with van der Waals surface area (Å²) in [4.78, 5) is 87.1. The molecule has 24 N–H and O–H groups in total. The number of rotatable bonds is 20. The number of nitrogens with two attached hydrogens (primary N) is 6. The number of carboxylic acid groups (broad SMARTS) is 4. The molecule has 0 atom stereocenters. The van der Waals surface area contributed by atoms with Crippen LogP contribution in [0.1, 0.15) is 99.8 Å². The third-order valence-electron chi connectivity index (χ3n) is 22.1. The van der Waals surface area contributed by atoms with Crippen molar-refractivity contribution in [3.63, 3.8) is 0 Å². The van der Waals surface area contributed by atoms with Crippen LogP contribution in [0.15, 0.2) is 314 Å². The highest BCUT2D eigenvalue weighted by Crippen LogP contribution is 2.43. The predicted molar refractivity (Wildman–Crippen MR) is 592 cm³/mol. The molecule has 1 heterocycles. The van der Waals surface area contributed by atoms with Gasteiger partial charge in [0.2, 0.25) is 17.2 Å². The number of aromatic nitrogens is 2. The fourth-order valence-corrected chi connectivity index (χ4v) is 16.0. The van der Waals surface area contributed by atoms with Crippen LogP contribution in [0.4, 0.5) is 51.2 Å². The number of para-hydroxylation sites is 7. The van der Waals surface area contributed by atoms with E-state index in [1.165, 1.54) is 171 Å². The molecule has 784 valence electrons. The Labute approximate surface area is 896 Å². The fourth-order valence-electron chi connectivity index (χ4n) is 14.9. The first-order valence-electron chi connectivity index (χ1n) is 45.3. The Balaban J connectivity index is 0.000000233. The minimum Gasteiger partial charge on any atom is -0.507 e. The van der Waals surface area contributed by atoms with Crippen molar-refractivity contribution in [3.8, 4) is 90.4 Å². The number of aromatic hydroxyl groups is 4. The summed E-state index contributed by atoms with van der Waals surface area (Å²) in [7, 11) is 4.27. The zero-order valence-electron chi connectivity index (χ0n) is 81.2. The number of ether oxygens (including phenoxy) is 3. The molecule has 1 aromatic heterocycles. The summed E-state index contributed by atoms with van der Waals surface area (Å²) < 4.78 is 18.3. The molecule has 0 fully saturated rings. The number of phenols is 4. The zero-order valence-corrected chi connectivity index (χ0v) is 87.7. The molecule has 3 aliphatic rings. The standard InChI is InChI=1S/C26H22N4O4.C14H11NO5.C14H13NO3.C13H11NO3.C9H12N2.C9H11N.C7H6BrNO3.C6H4BrNO3.C6H5BrO.2C2H7NO.BrH/c1-15-23(25(32)30(29-15)20-12-11-16-5-2-6-17(16)14-20)28-27-22-10-4-9-21(24(22)31)18-7-3-8-19(13-18)26(33)34;1-20-13-11(6-3-7-12(13)15(18)19)9-4-2-5-10(8-9)14(16)17;1-18-13-11(6-3-7-12(13)15)9-4-2-5-10(8-9)14(16)17;14-11-6-2-5-10(12(11)15)8-3-1-4-9(7-8)13(16)17;10-11-9-5-4-7-2-1-3-8(7)6-9;10-9-5-4-7-2-1-3-8(7)6-9;1-12-7-5(8)3-2-4-6(7)9(10)11;7-4-2-1-3-5(6(4)9)8(10)11;7-5-3-1-2-4-6(5)8;2*3-1-2-4;/h3-4,7-14,29,31H,2,5-6H2,1H3,(H,33,34);2-8H,1H3,(H,16,17);2-8H,15H2,1H3,(H,16,17);1-7,15H,14H2,(H,16,17);4-6,11H,1-3,10H2;4-6H,1-3,10H2;2-4H,1H3;1-3,9H;1-4,8H;2*4H,1-3H2;1H. The number of anilines is 4. The van der Waals surface area contributed by atoms with E-state index in [1.807, 2.05) is 42.5 Å². The van der Waals surface area contributed by atoms with Crippen LogP contribution in [0.5, 0.6) is 40.2 Å². The smallest absolute Gasteiger partial charge is 0.335 e. The second-order valence-corrected chi connectivity index (χ2v) is 34.6. The maximum Gasteiger partial charge on any atom is 0.335 e. The molecule has 0 bridgehead atoms. The second kappa shape index (κ2) is 60.4. The van der Waals surface area contributed by atoms with Crippen molar-refractivity contribution in [2.45, 2.75) is 64.7 Å². The number of nitrogens with one attached hydrogen (secondary N) is 2. The van der Waals surface area contributed by atoms with E-state index in [2.05, 4.69) is 98.9 Å². The average Bonchev–Trinajstić information content (AvgIpc) is 1.69. The molecule has 0 spiro atoms. The number of H-pyrrole nitrogens is 1. The Morgan fingerprint density at radius 2 is 0.787 bits per heavy atom. The molecule has 0 saturated heterocycles. The molecule has 0 radical (unpaired) electrons. The highest BCUT2D eigenvalue weighted by molar-refractivity contribution is 9.11. The van der Waals surface area contributed by atoms with Gasteiger partial charge in [-0.2, -0.15) is 0 Å². The molecule has 0 aliphatic heterocycles. The number of carboxylic acids is 4. The van der Waals surface area contributed by atoms with Crippen molar-refractivity contribution in [2.75, 3.05) is 70.3 Å². The highest BCUT2D eigenvalue weighted by Gasteiger charge is 2.24. The number of carbonyl (C=O) groups is 4. The van der Waals surface area contributed by atoms with E-state index in [1.54, 1.807) is 146 Å². The minimum absolute atomic E-state index is 0. The van der Waals surface area contributed by atoms with Crippen LogP contribution < -0.4 is 59.7 Å². The van der Waals surface area contributed by atoms with Crippen LogP contribution in [0.3, 0.4) is 0 Å². The molecule has 0 unspecified atom stereocenters. The third kappa shape index (κ3) is 34.5. The summed E-state index contributed by atoms with van der Waals surface area (Å²) in [6.45, 7) is 2.69. The maximum absolute atomic E-state index is 13.0. The number of nitrogens with zero attached hydrogens (tertiary/aromatic N) is 6. The number of aliphatic hydroxyl groups excluding tert-OH is 2. The third-order valence-corrected chi connectivity index (χ3v) is 24.0. The van der Waals surface area contributed by atoms with Crippen LogP contribution in [0.25, 0.3) is 50.2 Å². The number of aromatic carboxylic acids is 4. The first-order chi connectivity index (χ1) is 71.4. The van der Waals surface area contributed by atoms with Gasteiger partial charge in [0.05, 0.1) is 108 Å². The Kier molecular flexibility index (Phi) is 48.4. The monoisotopic (exact) mass is 2300 g/mol. The largest absolute Gasteiger partial charge is 0.507 e. The summed E-state index contributed by atoms with van der Waals surface area (Å²) in [6, 6.07) is 79.8. The van der Waals surface area contributed by atoms with Crippen molar-refractivity contribution >= 4 is 140 Å². The highest BCUT2D eigenvalue weighted by atomic mass is 79.9. The fraction of sp³-hybridized carbons (Fsp3) is 0.157. The van der Waals surface area contributed by atoms with E-state index >= 15 is 0 Å². The van der Waals surface area contributed by atoms with E-state index in [0.29, 0.717) is 72.5 Å². The number of aryl methyl sites for hydroxylation is 7. The quantitative estimate of drug-likeness (QED) is 0.00841. The number of azo groups is 1. The lowest BCUT2D eigenvalue weighted by Crippen LogP contribution is -2.14. The van der Waals surface area contributed by atoms with Gasteiger partial charge in [-0.3, -0.25) is 46.1 Å². The SMILES string of the molecule is Br.COc1c(-c2cccc(C(=O)O)c2)cccc1[N+](=O)[O-].COc1c(Br)cccc1[N+](=O)[O-].COc1c(N)cccc1-c1cccc(C(=O)O)c1.Cc1[nH]n(-c2ccc3c(c2)CCC3)c(=O)c1N=Nc1cccc(-c2cccc(C(=O)O)c2)c1O.NCCO.NCCO.NNc1ccc2c(c1)CCC2.Nc1ccc2c(c1)CCC2.Nc1cccc(-c2cccc(C(=O)O)c2)c1O.O=[N+]([O-])c1cccc(Br)c1O.Oc1ccccc1Br. The zero-order chi connectivity index (χ0) is 109. The predicted octanol–water partition coefficient (Wildman–Crippen LogP) is 21.7. The molecular formula is C108H110Br4N14O24. The lowest BCUT2D eigenvalue weighted by Gasteiger charge is -2.11. The number of fused-ring (bicyclic) bond motifs is 3. The number of nitrogen functional groups attached to an aromatic ring is 4. The number of methoxy groups -OCH3 is 3. The summed E-state index contributed by atoms with van der Waals surface area (Å²) in [5.74, 6) is 1.90. The summed E-state index contributed by atoms with van der Waals surface area (Å²) in [5, 5.41) is 133. The van der Waals surface area contributed by atoms with E-state index in [9.17, 15) is 69.6 Å². The number of hydrogen-bond acceptors (Lipinski definition) is 29. The molecule has 3 aliphatic carbocycles. The van der Waals surface area contributed by atoms with E-state index < -0.39 is 38.6 Å². The normalized spacial score (nSPS) is 11.0. The van der Waals surface area contributed by atoms with Crippen LogP contribution in [0.2, 0.25) is 0 Å². The average molecular weight is 2310 g/mol. The number of halogens is 4. The van der Waals surface area contributed by atoms with Gasteiger partial charge < -0.3 is 99.4 Å². The lowest BCUT2D eigenvalue weighted by atomic mass is 10.0. The van der Waals surface area contributed by atoms with Gasteiger partial charge in [0.15, 0.2) is 11.4 Å². The molecule has 14 aromatic carbocycles. The second-order valence-electron chi connectivity index (χ2n) is 32.0. The van der Waals surface area contributed by atoms with Gasteiger partial charge >= 0.3 is 40.9 Å². The van der Waals surface area contributed by atoms with E-state index in [-0.39, 0.29) is 127 Å². The van der Waals surface area contributed by atoms with Gasteiger partial charge in [-0.15, -0.1) is 27.2 Å². The van der Waals surface area contributed by atoms with Crippen LogP contribution in [0, 0.1) is 37.3 Å². The molecule has 0 amide bonds. The molecule has 15 aromatic rings. The first kappa shape index (κ1) is 120. The Morgan fingerprint density at radius 1 is 0.413 bits per heavy atom. The van der Waals surface area contributed by atoms with Crippen LogP contribution in [-0.4, -0.2) is 147 Å². The number of benzene rings is 14. The molecule has 18 rings (SSSR count). The summed E-state index contributed by atoms with van der Waals surface area (Å²) >= 11 is 9.25. The van der Waals surface area contributed by atoms with Crippen LogP contribution in [-0.2, 0) is 38.5 Å². The van der Waals surface area contributed by atoms with Crippen molar-refractivity contribution < 1.29 is 99.2 Å². The molecule has 150 heavy (non-hydrogen) atoms. The van der Waals surface area contributed by atoms with E-state index in [0.717, 1.165) is 51.9 Å². The Bertz CT molecular complexity index is 7270. The Morgan fingerprint density at radius 3 is 1.22 bits per heavy atom. The lowest BCUT2D eigenvalue weighted by molar-refractivity contribution is -0.386. The van der Waals surface area contributed by atoms with Crippen molar-refractivity contribution in [2.24, 2.45) is 27.5 Å².